The molecule has 0 aliphatic rings. The Kier molecular flexibility index (Phi) is 3.75. The van der Waals surface area contributed by atoms with Gasteiger partial charge in [0, 0.05) is 13.5 Å². The van der Waals surface area contributed by atoms with Crippen LogP contribution in [-0.2, 0) is 16.6 Å². The first-order chi connectivity index (χ1) is 9.94. The second-order valence-electron chi connectivity index (χ2n) is 4.42. The fourth-order valence-corrected chi connectivity index (χ4v) is 4.43. The second-order valence-corrected chi connectivity index (χ2v) is 8.13. The smallest absolute Gasteiger partial charge is 0.250 e. The van der Waals surface area contributed by atoms with E-state index in [0.717, 1.165) is 22.4 Å². The van der Waals surface area contributed by atoms with Gasteiger partial charge in [-0.3, -0.25) is 0 Å². The minimum absolute atomic E-state index is 0.174. The zero-order chi connectivity index (χ0) is 15.0. The number of hydrogen-bond donors (Lipinski definition) is 1. The highest BCUT2D eigenvalue weighted by molar-refractivity contribution is 7.91. The van der Waals surface area contributed by atoms with Gasteiger partial charge in [0.1, 0.15) is 9.73 Å². The van der Waals surface area contributed by atoms with Crippen molar-refractivity contribution in [2.75, 3.05) is 0 Å². The summed E-state index contributed by atoms with van der Waals surface area (Å²) in [4.78, 5) is 4.20. The molecule has 110 valence electrons. The van der Waals surface area contributed by atoms with Crippen LogP contribution in [0.4, 0.5) is 0 Å². The molecule has 5 nitrogen and oxygen atoms in total. The van der Waals surface area contributed by atoms with Crippen LogP contribution in [0.5, 0.6) is 0 Å². The fourth-order valence-electron chi connectivity index (χ4n) is 1.89. The third kappa shape index (κ3) is 3.11. The molecule has 1 N–H and O–H groups in total. The van der Waals surface area contributed by atoms with Crippen molar-refractivity contribution in [1.82, 2.24) is 9.71 Å². The van der Waals surface area contributed by atoms with Gasteiger partial charge in [0.2, 0.25) is 10.0 Å². The number of aryl methyl sites for hydroxylation is 1. The minimum atomic E-state index is -3.55. The molecule has 2 heterocycles. The van der Waals surface area contributed by atoms with E-state index in [1.807, 2.05) is 6.07 Å². The lowest BCUT2D eigenvalue weighted by Gasteiger charge is -2.04. The Bertz CT molecular complexity index is 899. The van der Waals surface area contributed by atoms with Crippen molar-refractivity contribution in [2.24, 2.45) is 0 Å². The van der Waals surface area contributed by atoms with Crippen LogP contribution < -0.4 is 4.72 Å². The number of nitrogens with one attached hydrogen (secondary N) is 1. The molecular formula is C13H11ClN2O3S2. The highest BCUT2D eigenvalue weighted by Crippen LogP contribution is 2.25. The number of halogens is 1. The van der Waals surface area contributed by atoms with Crippen molar-refractivity contribution in [1.29, 1.82) is 0 Å². The normalized spacial score (nSPS) is 12.1. The topological polar surface area (TPSA) is 72.2 Å². The van der Waals surface area contributed by atoms with Crippen LogP contribution in [0.3, 0.4) is 0 Å². The van der Waals surface area contributed by atoms with Crippen LogP contribution in [0.1, 0.15) is 11.5 Å². The molecule has 0 unspecified atom stereocenters. The first kappa shape index (κ1) is 14.5. The molecule has 0 aliphatic carbocycles. The van der Waals surface area contributed by atoms with E-state index in [1.165, 1.54) is 6.07 Å². The molecule has 0 saturated heterocycles. The summed E-state index contributed by atoms with van der Waals surface area (Å²) >= 11 is 6.78. The van der Waals surface area contributed by atoms with Gasteiger partial charge in [-0.1, -0.05) is 17.7 Å². The number of nitrogens with zero attached hydrogens (tertiary/aromatic N) is 1. The van der Waals surface area contributed by atoms with E-state index in [4.69, 9.17) is 16.0 Å². The third-order valence-corrected chi connectivity index (χ3v) is 5.96. The summed E-state index contributed by atoms with van der Waals surface area (Å²) in [6.07, 6.45) is 0. The Balaban J connectivity index is 1.79. The molecule has 0 spiro atoms. The highest BCUT2D eigenvalue weighted by Gasteiger charge is 2.16. The number of hydrogen-bond acceptors (Lipinski definition) is 5. The van der Waals surface area contributed by atoms with Gasteiger partial charge in [0.05, 0.1) is 4.34 Å². The number of rotatable bonds is 4. The predicted octanol–water partition coefficient (Wildman–Crippen LogP) is 3.33. The monoisotopic (exact) mass is 342 g/mol. The third-order valence-electron chi connectivity index (χ3n) is 2.84. The van der Waals surface area contributed by atoms with Crippen LogP contribution in [0.25, 0.3) is 11.1 Å². The second kappa shape index (κ2) is 5.42. The van der Waals surface area contributed by atoms with Crippen LogP contribution in [0, 0.1) is 6.92 Å². The molecule has 0 amide bonds. The molecule has 2 aromatic heterocycles. The Morgan fingerprint density at radius 1 is 1.33 bits per heavy atom. The lowest BCUT2D eigenvalue weighted by atomic mass is 10.2. The number of sulfonamides is 1. The lowest BCUT2D eigenvalue weighted by Crippen LogP contribution is -2.22. The van der Waals surface area contributed by atoms with E-state index in [9.17, 15) is 8.42 Å². The molecule has 21 heavy (non-hydrogen) atoms. The number of thiophene rings is 1. The van der Waals surface area contributed by atoms with Gasteiger partial charge in [-0.15, -0.1) is 11.3 Å². The minimum Gasteiger partial charge on any atom is -0.441 e. The van der Waals surface area contributed by atoms with Crippen molar-refractivity contribution in [3.8, 4) is 0 Å². The molecule has 0 radical (unpaired) electrons. The zero-order valence-corrected chi connectivity index (χ0v) is 13.3. The van der Waals surface area contributed by atoms with E-state index in [1.54, 1.807) is 25.1 Å². The largest absolute Gasteiger partial charge is 0.441 e. The Hall–Kier alpha value is -1.41. The number of fused-ring (bicyclic) bond motifs is 1. The maximum atomic E-state index is 12.1. The number of oxazole rings is 1. The van der Waals surface area contributed by atoms with Gasteiger partial charge in [0.25, 0.3) is 0 Å². The molecule has 1 aromatic carbocycles. The van der Waals surface area contributed by atoms with Gasteiger partial charge < -0.3 is 4.42 Å². The first-order valence-corrected chi connectivity index (χ1v) is 8.73. The van der Waals surface area contributed by atoms with Crippen molar-refractivity contribution in [3.63, 3.8) is 0 Å². The Morgan fingerprint density at radius 2 is 2.14 bits per heavy atom. The molecule has 0 aliphatic heterocycles. The highest BCUT2D eigenvalue weighted by atomic mass is 35.5. The van der Waals surface area contributed by atoms with Crippen LogP contribution in [0.2, 0.25) is 4.34 Å². The van der Waals surface area contributed by atoms with Gasteiger partial charge in [-0.05, 0) is 29.8 Å². The number of benzene rings is 1. The molecule has 3 aromatic rings. The summed E-state index contributed by atoms with van der Waals surface area (Å²) in [5.41, 5.74) is 2.19. The molecule has 0 fully saturated rings. The van der Waals surface area contributed by atoms with Crippen LogP contribution in [0.15, 0.2) is 39.0 Å². The van der Waals surface area contributed by atoms with E-state index in [-0.39, 0.29) is 10.8 Å². The maximum absolute atomic E-state index is 12.1. The first-order valence-electron chi connectivity index (χ1n) is 6.05. The van der Waals surface area contributed by atoms with E-state index >= 15 is 0 Å². The summed E-state index contributed by atoms with van der Waals surface area (Å²) in [7, 11) is -3.55. The zero-order valence-electron chi connectivity index (χ0n) is 11.0. The summed E-state index contributed by atoms with van der Waals surface area (Å²) in [5, 5.41) is 0. The van der Waals surface area contributed by atoms with Crippen LogP contribution >= 0.6 is 22.9 Å². The maximum Gasteiger partial charge on any atom is 0.250 e. The fraction of sp³-hybridized carbons (Fsp3) is 0.154. The molecule has 0 bridgehead atoms. The summed E-state index contributed by atoms with van der Waals surface area (Å²) < 4.78 is 32.8. The average Bonchev–Trinajstić information content (AvgIpc) is 3.01. The standard InChI is InChI=1S/C13H11ClN2O3S2/c1-8-16-10-3-2-9(6-11(10)19-8)7-15-21(17,18)13-5-4-12(14)20-13/h2-6,15H,7H2,1H3. The molecule has 8 heteroatoms. The quantitative estimate of drug-likeness (QED) is 0.789. The SMILES string of the molecule is Cc1nc2ccc(CNS(=O)(=O)c3ccc(Cl)s3)cc2o1. The molecular weight excluding hydrogens is 332 g/mol. The average molecular weight is 343 g/mol. The van der Waals surface area contributed by atoms with Gasteiger partial charge in [-0.2, -0.15) is 0 Å². The molecule has 0 saturated carbocycles. The molecule has 0 atom stereocenters. The lowest BCUT2D eigenvalue weighted by molar-refractivity contribution is 0.560. The van der Waals surface area contributed by atoms with E-state index in [2.05, 4.69) is 9.71 Å². The summed E-state index contributed by atoms with van der Waals surface area (Å²) in [6, 6.07) is 8.44. The molecule has 3 rings (SSSR count). The Labute approximate surface area is 130 Å². The Morgan fingerprint density at radius 3 is 2.86 bits per heavy atom. The summed E-state index contributed by atoms with van der Waals surface area (Å²) in [6.45, 7) is 1.94. The van der Waals surface area contributed by atoms with Gasteiger partial charge >= 0.3 is 0 Å². The summed E-state index contributed by atoms with van der Waals surface area (Å²) in [5.74, 6) is 0.580. The van der Waals surface area contributed by atoms with Crippen molar-refractivity contribution < 1.29 is 12.8 Å². The van der Waals surface area contributed by atoms with Gasteiger partial charge in [-0.25, -0.2) is 18.1 Å². The number of aromatic nitrogens is 1. The van der Waals surface area contributed by atoms with Crippen molar-refractivity contribution in [2.45, 2.75) is 17.7 Å². The van der Waals surface area contributed by atoms with Crippen LogP contribution in [-0.4, -0.2) is 13.4 Å². The van der Waals surface area contributed by atoms with Crippen molar-refractivity contribution >= 4 is 44.1 Å². The van der Waals surface area contributed by atoms with E-state index < -0.39 is 10.0 Å². The van der Waals surface area contributed by atoms with Crippen molar-refractivity contribution in [3.05, 3.63) is 46.1 Å². The predicted molar refractivity (Wildman–Crippen MR) is 82.1 cm³/mol. The van der Waals surface area contributed by atoms with Gasteiger partial charge in [0.15, 0.2) is 11.5 Å². The van der Waals surface area contributed by atoms with E-state index in [0.29, 0.717) is 15.8 Å².